The number of amides is 2. The topological polar surface area (TPSA) is 100 Å². The van der Waals surface area contributed by atoms with E-state index in [0.29, 0.717) is 60.9 Å². The molecule has 0 aromatic heterocycles. The van der Waals surface area contributed by atoms with Gasteiger partial charge in [0.25, 0.3) is 5.91 Å². The van der Waals surface area contributed by atoms with Gasteiger partial charge in [0, 0.05) is 37.4 Å². The Morgan fingerprint density at radius 2 is 1.68 bits per heavy atom. The lowest BCUT2D eigenvalue weighted by Gasteiger charge is -2.27. The van der Waals surface area contributed by atoms with E-state index < -0.39 is 5.97 Å². The molecule has 0 aliphatic carbocycles. The second-order valence-corrected chi connectivity index (χ2v) is 10.6. The summed E-state index contributed by atoms with van der Waals surface area (Å²) >= 11 is 0. The third kappa shape index (κ3) is 5.46. The Morgan fingerprint density at radius 1 is 0.951 bits per heavy atom. The molecule has 9 nitrogen and oxygen atoms in total. The van der Waals surface area contributed by atoms with Crippen LogP contribution in [0.3, 0.4) is 0 Å². The van der Waals surface area contributed by atoms with Crippen LogP contribution in [0.5, 0.6) is 0 Å². The summed E-state index contributed by atoms with van der Waals surface area (Å²) in [6.45, 7) is 6.43. The molecule has 41 heavy (non-hydrogen) atoms. The summed E-state index contributed by atoms with van der Waals surface area (Å²) in [6, 6.07) is 19.1. The first-order chi connectivity index (χ1) is 19.9. The second-order valence-electron chi connectivity index (χ2n) is 10.6. The Hall–Kier alpha value is -4.47. The fourth-order valence-electron chi connectivity index (χ4n) is 5.51. The molecule has 3 aromatic rings. The number of hydrogen-bond acceptors (Lipinski definition) is 7. The molecule has 3 aliphatic rings. The summed E-state index contributed by atoms with van der Waals surface area (Å²) in [4.78, 5) is 42.5. The number of morpholine rings is 1. The van der Waals surface area contributed by atoms with Crippen molar-refractivity contribution in [2.24, 2.45) is 0 Å². The van der Waals surface area contributed by atoms with Crippen LogP contribution in [0.25, 0.3) is 11.3 Å². The number of carbonyl (C=O) groups excluding carboxylic acids is 3. The lowest BCUT2D eigenvalue weighted by molar-refractivity contribution is -0.134. The molecular formula is C32H32N4O5. The van der Waals surface area contributed by atoms with Gasteiger partial charge in [-0.15, -0.1) is 0 Å². The van der Waals surface area contributed by atoms with Crippen molar-refractivity contribution in [3.8, 4) is 0 Å². The normalized spacial score (nSPS) is 17.5. The molecule has 0 atom stereocenters. The molecule has 1 saturated heterocycles. The lowest BCUT2D eigenvalue weighted by Crippen LogP contribution is -2.43. The number of carbonyl (C=O) groups is 3. The second kappa shape index (κ2) is 11.2. The number of nitrogens with zero attached hydrogens (tertiary/aromatic N) is 2. The van der Waals surface area contributed by atoms with Crippen molar-refractivity contribution in [1.29, 1.82) is 0 Å². The first-order valence-electron chi connectivity index (χ1n) is 13.7. The van der Waals surface area contributed by atoms with E-state index in [0.717, 1.165) is 41.0 Å². The smallest absolute Gasteiger partial charge is 0.337 e. The number of benzene rings is 3. The number of methoxy groups -OCH3 is 1. The first-order valence-corrected chi connectivity index (χ1v) is 13.7. The summed E-state index contributed by atoms with van der Waals surface area (Å²) in [5, 5.41) is 6.42. The minimum Gasteiger partial charge on any atom is -0.465 e. The predicted molar refractivity (Wildman–Crippen MR) is 156 cm³/mol. The van der Waals surface area contributed by atoms with Crippen LogP contribution in [-0.4, -0.2) is 67.5 Å². The Morgan fingerprint density at radius 3 is 2.44 bits per heavy atom. The van der Waals surface area contributed by atoms with Crippen molar-refractivity contribution in [2.45, 2.75) is 20.0 Å². The maximum Gasteiger partial charge on any atom is 0.337 e. The van der Waals surface area contributed by atoms with Gasteiger partial charge in [0.1, 0.15) is 0 Å². The van der Waals surface area contributed by atoms with Crippen molar-refractivity contribution in [1.82, 2.24) is 9.80 Å². The van der Waals surface area contributed by atoms with Crippen molar-refractivity contribution >= 4 is 40.4 Å². The summed E-state index contributed by atoms with van der Waals surface area (Å²) < 4.78 is 10.2. The van der Waals surface area contributed by atoms with Gasteiger partial charge < -0.3 is 25.0 Å². The van der Waals surface area contributed by atoms with Gasteiger partial charge in [-0.3, -0.25) is 14.5 Å². The van der Waals surface area contributed by atoms with E-state index in [1.54, 1.807) is 18.2 Å². The van der Waals surface area contributed by atoms with E-state index in [-0.39, 0.29) is 11.8 Å². The summed E-state index contributed by atoms with van der Waals surface area (Å²) in [5.74, 6) is -0.608. The monoisotopic (exact) mass is 552 g/mol. The zero-order valence-corrected chi connectivity index (χ0v) is 23.2. The van der Waals surface area contributed by atoms with Crippen molar-refractivity contribution in [2.75, 3.05) is 50.6 Å². The van der Waals surface area contributed by atoms with Crippen molar-refractivity contribution in [3.63, 3.8) is 0 Å². The fraction of sp³-hybridized carbons (Fsp3) is 0.281. The Labute approximate surface area is 238 Å². The molecule has 2 N–H and O–H groups in total. The van der Waals surface area contributed by atoms with Gasteiger partial charge >= 0.3 is 5.97 Å². The largest absolute Gasteiger partial charge is 0.465 e. The third-order valence-corrected chi connectivity index (χ3v) is 7.79. The van der Waals surface area contributed by atoms with Gasteiger partial charge in [0.05, 0.1) is 49.4 Å². The molecule has 1 fully saturated rings. The van der Waals surface area contributed by atoms with Crippen LogP contribution in [0.4, 0.5) is 11.4 Å². The zero-order valence-electron chi connectivity index (χ0n) is 23.2. The molecule has 0 bridgehead atoms. The highest BCUT2D eigenvalue weighted by atomic mass is 16.5. The number of aryl methyl sites for hydroxylation is 1. The maximum absolute atomic E-state index is 13.3. The minimum atomic E-state index is -0.466. The maximum atomic E-state index is 13.3. The van der Waals surface area contributed by atoms with Gasteiger partial charge in [-0.05, 0) is 47.9 Å². The number of ether oxygens (including phenoxy) is 2. The minimum absolute atomic E-state index is 0.116. The molecule has 210 valence electrons. The van der Waals surface area contributed by atoms with E-state index in [1.165, 1.54) is 7.11 Å². The van der Waals surface area contributed by atoms with E-state index in [2.05, 4.69) is 21.6 Å². The first kappa shape index (κ1) is 26.7. The Kier molecular flexibility index (Phi) is 7.30. The number of esters is 1. The van der Waals surface area contributed by atoms with Crippen LogP contribution in [0.15, 0.2) is 60.7 Å². The van der Waals surface area contributed by atoms with Gasteiger partial charge in [0.15, 0.2) is 0 Å². The number of nitrogens with one attached hydrogen (secondary N) is 2. The molecule has 0 unspecified atom stereocenters. The summed E-state index contributed by atoms with van der Waals surface area (Å²) in [6.07, 6.45) is 0. The highest BCUT2D eigenvalue weighted by Gasteiger charge is 2.30. The van der Waals surface area contributed by atoms with Gasteiger partial charge in [-0.1, -0.05) is 42.0 Å². The third-order valence-electron chi connectivity index (χ3n) is 7.79. The molecule has 0 saturated carbocycles. The highest BCUT2D eigenvalue weighted by molar-refractivity contribution is 6.37. The molecule has 6 rings (SSSR count). The quantitative estimate of drug-likeness (QED) is 0.354. The molecule has 3 aromatic carbocycles. The molecular weight excluding hydrogens is 520 g/mol. The van der Waals surface area contributed by atoms with Crippen LogP contribution in [0.1, 0.15) is 38.2 Å². The van der Waals surface area contributed by atoms with Gasteiger partial charge in [-0.25, -0.2) is 4.79 Å². The van der Waals surface area contributed by atoms with E-state index in [9.17, 15) is 14.4 Å². The van der Waals surface area contributed by atoms with Crippen LogP contribution >= 0.6 is 0 Å². The molecule has 9 heteroatoms. The van der Waals surface area contributed by atoms with E-state index in [4.69, 9.17) is 9.47 Å². The molecule has 0 spiro atoms. The average Bonchev–Trinajstić information content (AvgIpc) is 3.56. The summed E-state index contributed by atoms with van der Waals surface area (Å²) in [5.41, 5.74) is 7.76. The van der Waals surface area contributed by atoms with Gasteiger partial charge in [-0.2, -0.15) is 0 Å². The predicted octanol–water partition coefficient (Wildman–Crippen LogP) is 3.89. The molecule has 0 radical (unpaired) electrons. The van der Waals surface area contributed by atoms with Crippen molar-refractivity contribution in [3.05, 3.63) is 94.0 Å². The standard InChI is InChI=1S/C32H32N4O5/c1-20-3-5-21(6-4-20)30(29-26-10-8-22(32(39)40-2)16-27(26)34-31(29)38)33-25-9-7-23-17-36(18-24(23)15-25)28(37)19-35-11-13-41-14-12-35/h3-10,15-16,33H,11-14,17-19H2,1-2H3,(H,34,38)/b30-29-. The van der Waals surface area contributed by atoms with Crippen LogP contribution < -0.4 is 10.6 Å². The molecule has 3 heterocycles. The van der Waals surface area contributed by atoms with Crippen LogP contribution in [0, 0.1) is 6.92 Å². The average molecular weight is 553 g/mol. The van der Waals surface area contributed by atoms with E-state index >= 15 is 0 Å². The van der Waals surface area contributed by atoms with E-state index in [1.807, 2.05) is 48.2 Å². The van der Waals surface area contributed by atoms with Crippen molar-refractivity contribution < 1.29 is 23.9 Å². The zero-order chi connectivity index (χ0) is 28.5. The Bertz CT molecular complexity index is 1560. The lowest BCUT2D eigenvalue weighted by atomic mass is 9.98. The number of rotatable bonds is 6. The highest BCUT2D eigenvalue weighted by Crippen LogP contribution is 2.38. The number of anilines is 2. The number of fused-ring (bicyclic) bond motifs is 2. The Balaban J connectivity index is 1.30. The SMILES string of the molecule is COC(=O)c1ccc2c(c1)NC(=O)/C2=C(\Nc1ccc2c(c1)CN(C(=O)CN1CCOCC1)C2)c1ccc(C)cc1. The summed E-state index contributed by atoms with van der Waals surface area (Å²) in [7, 11) is 1.33. The molecule has 3 aliphatic heterocycles. The fourth-order valence-corrected chi connectivity index (χ4v) is 5.51. The van der Waals surface area contributed by atoms with Crippen LogP contribution in [0.2, 0.25) is 0 Å². The van der Waals surface area contributed by atoms with Gasteiger partial charge in [0.2, 0.25) is 5.91 Å². The van der Waals surface area contributed by atoms with Crippen LogP contribution in [-0.2, 0) is 32.2 Å². The molecule has 2 amide bonds. The number of hydrogen-bond donors (Lipinski definition) is 2.